The smallest absolute Gasteiger partial charge is 0.336 e. The fourth-order valence-electron chi connectivity index (χ4n) is 1.54. The third kappa shape index (κ3) is 1.72. The van der Waals surface area contributed by atoms with E-state index in [1.807, 2.05) is 0 Å². The number of benzene rings is 1. The quantitative estimate of drug-likeness (QED) is 0.848. The van der Waals surface area contributed by atoms with E-state index in [1.165, 1.54) is 6.07 Å². The first-order valence-electron chi connectivity index (χ1n) is 4.49. The number of aromatic nitrogens is 1. The van der Waals surface area contributed by atoms with Gasteiger partial charge in [-0.1, -0.05) is 29.3 Å². The highest BCUT2D eigenvalue weighted by atomic mass is 35.5. The van der Waals surface area contributed by atoms with Gasteiger partial charge < -0.3 is 5.11 Å². The Morgan fingerprint density at radius 1 is 1.38 bits per heavy atom. The second kappa shape index (κ2) is 3.92. The molecule has 0 radical (unpaired) electrons. The summed E-state index contributed by atoms with van der Waals surface area (Å²) in [6.45, 7) is 1.71. The summed E-state index contributed by atoms with van der Waals surface area (Å²) in [4.78, 5) is 15.3. The van der Waals surface area contributed by atoms with Gasteiger partial charge in [0.15, 0.2) is 0 Å². The van der Waals surface area contributed by atoms with Crippen molar-refractivity contribution in [3.05, 3.63) is 39.5 Å². The highest BCUT2D eigenvalue weighted by Gasteiger charge is 2.13. The van der Waals surface area contributed by atoms with Gasteiger partial charge in [-0.25, -0.2) is 4.79 Å². The molecule has 82 valence electrons. The summed E-state index contributed by atoms with van der Waals surface area (Å²) in [6.07, 6.45) is 0. The molecule has 0 spiro atoms. The zero-order valence-electron chi connectivity index (χ0n) is 8.29. The summed E-state index contributed by atoms with van der Waals surface area (Å²) in [5, 5.41) is 10.2. The van der Waals surface area contributed by atoms with Crippen molar-refractivity contribution >= 4 is 40.1 Å². The summed E-state index contributed by atoms with van der Waals surface area (Å²) in [5.74, 6) is -1.01. The van der Waals surface area contributed by atoms with E-state index in [9.17, 15) is 4.79 Å². The third-order valence-corrected chi connectivity index (χ3v) is 3.03. The van der Waals surface area contributed by atoms with Crippen LogP contribution < -0.4 is 0 Å². The molecule has 0 saturated carbocycles. The van der Waals surface area contributed by atoms with Crippen LogP contribution in [0.4, 0.5) is 0 Å². The minimum atomic E-state index is -1.01. The maximum atomic E-state index is 11.1. The summed E-state index contributed by atoms with van der Waals surface area (Å²) in [7, 11) is 0. The van der Waals surface area contributed by atoms with Crippen LogP contribution >= 0.6 is 23.2 Å². The molecule has 0 unspecified atom stereocenters. The first-order valence-corrected chi connectivity index (χ1v) is 5.25. The van der Waals surface area contributed by atoms with Crippen LogP contribution in [0.1, 0.15) is 16.1 Å². The van der Waals surface area contributed by atoms with Crippen molar-refractivity contribution in [1.82, 2.24) is 4.98 Å². The van der Waals surface area contributed by atoms with Crippen LogP contribution in [0.15, 0.2) is 18.2 Å². The maximum absolute atomic E-state index is 11.1. The maximum Gasteiger partial charge on any atom is 0.336 e. The van der Waals surface area contributed by atoms with Gasteiger partial charge >= 0.3 is 5.97 Å². The van der Waals surface area contributed by atoms with Crippen LogP contribution in [-0.2, 0) is 0 Å². The average molecular weight is 256 g/mol. The lowest BCUT2D eigenvalue weighted by atomic mass is 10.1. The molecule has 1 aromatic heterocycles. The number of halogens is 2. The summed E-state index contributed by atoms with van der Waals surface area (Å²) in [6, 6.07) is 4.68. The minimum absolute atomic E-state index is 0.182. The van der Waals surface area contributed by atoms with E-state index >= 15 is 0 Å². The largest absolute Gasteiger partial charge is 0.478 e. The second-order valence-corrected chi connectivity index (χ2v) is 4.16. The Balaban J connectivity index is 2.94. The Morgan fingerprint density at radius 2 is 2.06 bits per heavy atom. The minimum Gasteiger partial charge on any atom is -0.478 e. The molecule has 2 aromatic rings. The zero-order chi connectivity index (χ0) is 11.9. The van der Waals surface area contributed by atoms with Gasteiger partial charge in [-0.3, -0.25) is 4.98 Å². The molecule has 16 heavy (non-hydrogen) atoms. The monoisotopic (exact) mass is 255 g/mol. The number of rotatable bonds is 1. The van der Waals surface area contributed by atoms with E-state index in [4.69, 9.17) is 28.3 Å². The van der Waals surface area contributed by atoms with Gasteiger partial charge in [-0.15, -0.1) is 0 Å². The van der Waals surface area contributed by atoms with Crippen LogP contribution in [0.3, 0.4) is 0 Å². The second-order valence-electron chi connectivity index (χ2n) is 3.37. The van der Waals surface area contributed by atoms with Crippen molar-refractivity contribution in [2.45, 2.75) is 6.92 Å². The summed E-state index contributed by atoms with van der Waals surface area (Å²) in [5.41, 5.74) is 1.20. The van der Waals surface area contributed by atoms with E-state index < -0.39 is 5.97 Å². The number of carboxylic acids is 1. The van der Waals surface area contributed by atoms with Gasteiger partial charge in [0, 0.05) is 11.1 Å². The molecule has 0 aliphatic rings. The normalized spacial score (nSPS) is 10.7. The summed E-state index contributed by atoms with van der Waals surface area (Å²) >= 11 is 11.8. The van der Waals surface area contributed by atoms with Gasteiger partial charge in [-0.05, 0) is 19.1 Å². The van der Waals surface area contributed by atoms with Crippen molar-refractivity contribution in [3.8, 4) is 0 Å². The molecule has 1 aromatic carbocycles. The fourth-order valence-corrected chi connectivity index (χ4v) is 1.90. The summed E-state index contributed by atoms with van der Waals surface area (Å²) < 4.78 is 0. The van der Waals surface area contributed by atoms with Crippen molar-refractivity contribution in [1.29, 1.82) is 0 Å². The lowest BCUT2D eigenvalue weighted by molar-refractivity contribution is 0.0699. The molecule has 0 atom stereocenters. The van der Waals surface area contributed by atoms with Crippen molar-refractivity contribution in [3.63, 3.8) is 0 Å². The van der Waals surface area contributed by atoms with Crippen LogP contribution in [0, 0.1) is 6.92 Å². The number of pyridine rings is 1. The van der Waals surface area contributed by atoms with Crippen molar-refractivity contribution < 1.29 is 9.90 Å². The molecule has 0 fully saturated rings. The van der Waals surface area contributed by atoms with Crippen LogP contribution in [0.5, 0.6) is 0 Å². The molecule has 0 aliphatic carbocycles. The van der Waals surface area contributed by atoms with Crippen LogP contribution in [-0.4, -0.2) is 16.1 Å². The van der Waals surface area contributed by atoms with Crippen molar-refractivity contribution in [2.24, 2.45) is 0 Å². The molecule has 1 N–H and O–H groups in total. The number of aromatic carboxylic acids is 1. The van der Waals surface area contributed by atoms with Gasteiger partial charge in [-0.2, -0.15) is 0 Å². The van der Waals surface area contributed by atoms with E-state index in [-0.39, 0.29) is 10.6 Å². The molecule has 1 heterocycles. The molecule has 2 rings (SSSR count). The standard InChI is InChI=1S/C11H7Cl2NO2/c1-5-4-7(11(15)16)6-2-3-8(12)9(13)10(6)14-5/h2-4H,1H3,(H,15,16). The Morgan fingerprint density at radius 3 is 2.69 bits per heavy atom. The Hall–Kier alpha value is -1.32. The van der Waals surface area contributed by atoms with Gasteiger partial charge in [0.2, 0.25) is 0 Å². The fraction of sp³-hybridized carbons (Fsp3) is 0.0909. The highest BCUT2D eigenvalue weighted by Crippen LogP contribution is 2.31. The number of hydrogen-bond acceptors (Lipinski definition) is 2. The molecule has 3 nitrogen and oxygen atoms in total. The number of carbonyl (C=O) groups is 1. The number of hydrogen-bond donors (Lipinski definition) is 1. The Labute approximate surface area is 102 Å². The number of carboxylic acid groups (broad SMARTS) is 1. The molecule has 0 aliphatic heterocycles. The molecule has 5 heteroatoms. The van der Waals surface area contributed by atoms with Crippen LogP contribution in [0.2, 0.25) is 10.0 Å². The number of nitrogens with zero attached hydrogens (tertiary/aromatic N) is 1. The Kier molecular flexibility index (Phi) is 2.74. The molecular weight excluding hydrogens is 249 g/mol. The molecule has 0 saturated heterocycles. The van der Waals surface area contributed by atoms with E-state index in [1.54, 1.807) is 19.1 Å². The van der Waals surface area contributed by atoms with E-state index in [0.29, 0.717) is 21.6 Å². The van der Waals surface area contributed by atoms with Gasteiger partial charge in [0.25, 0.3) is 0 Å². The average Bonchev–Trinajstić information content (AvgIpc) is 2.23. The zero-order valence-corrected chi connectivity index (χ0v) is 9.80. The SMILES string of the molecule is Cc1cc(C(=O)O)c2ccc(Cl)c(Cl)c2n1. The third-order valence-electron chi connectivity index (χ3n) is 2.23. The van der Waals surface area contributed by atoms with Gasteiger partial charge in [0.05, 0.1) is 21.1 Å². The topological polar surface area (TPSA) is 50.2 Å². The predicted octanol–water partition coefficient (Wildman–Crippen LogP) is 3.55. The molecular formula is C11H7Cl2NO2. The number of aryl methyl sites for hydroxylation is 1. The predicted molar refractivity (Wildman–Crippen MR) is 63.5 cm³/mol. The first kappa shape index (κ1) is 11.2. The molecule has 0 bridgehead atoms. The van der Waals surface area contributed by atoms with Crippen molar-refractivity contribution in [2.75, 3.05) is 0 Å². The van der Waals surface area contributed by atoms with Crippen LogP contribution in [0.25, 0.3) is 10.9 Å². The lowest BCUT2D eigenvalue weighted by Gasteiger charge is -2.06. The Bertz CT molecular complexity index is 596. The van der Waals surface area contributed by atoms with Gasteiger partial charge in [0.1, 0.15) is 0 Å². The first-order chi connectivity index (χ1) is 7.50. The highest BCUT2D eigenvalue weighted by molar-refractivity contribution is 6.45. The lowest BCUT2D eigenvalue weighted by Crippen LogP contribution is -2.00. The number of fused-ring (bicyclic) bond motifs is 1. The molecule has 0 amide bonds. The van der Waals surface area contributed by atoms with E-state index in [0.717, 1.165) is 0 Å². The van der Waals surface area contributed by atoms with E-state index in [2.05, 4.69) is 4.98 Å².